The van der Waals surface area contributed by atoms with E-state index in [0.717, 1.165) is 22.5 Å². The van der Waals surface area contributed by atoms with E-state index in [2.05, 4.69) is 0 Å². The first kappa shape index (κ1) is 14.5. The minimum Gasteiger partial charge on any atom is -0.258 e. The highest BCUT2D eigenvalue weighted by atomic mass is 32.2. The van der Waals surface area contributed by atoms with Crippen molar-refractivity contribution in [2.45, 2.75) is 24.8 Å². The molecule has 6 nitrogen and oxygen atoms in total. The number of nitro groups is 1. The molecule has 0 aliphatic heterocycles. The van der Waals surface area contributed by atoms with Gasteiger partial charge in [-0.25, -0.2) is 8.42 Å². The molecule has 8 heteroatoms. The second kappa shape index (κ2) is 4.99. The molecule has 1 aromatic carbocycles. The van der Waals surface area contributed by atoms with Gasteiger partial charge in [-0.15, -0.1) is 0 Å². The van der Waals surface area contributed by atoms with Crippen molar-refractivity contribution in [1.82, 2.24) is 4.31 Å². The Morgan fingerprint density at radius 1 is 1.39 bits per heavy atom. The fraction of sp³-hybridized carbons (Fsp3) is 0.400. The second-order valence-corrected chi connectivity index (χ2v) is 5.98. The summed E-state index contributed by atoms with van der Waals surface area (Å²) < 4.78 is 38.3. The molecule has 0 aliphatic carbocycles. The van der Waals surface area contributed by atoms with Crippen molar-refractivity contribution < 1.29 is 17.7 Å². The van der Waals surface area contributed by atoms with Crippen molar-refractivity contribution in [2.75, 3.05) is 7.05 Å². The third kappa shape index (κ3) is 2.65. The normalized spacial score (nSPS) is 12.1. The molecule has 1 aromatic rings. The number of sulfonamides is 1. The van der Waals surface area contributed by atoms with Crippen molar-refractivity contribution in [2.24, 2.45) is 0 Å². The maximum absolute atomic E-state index is 13.1. The topological polar surface area (TPSA) is 80.5 Å². The molecule has 100 valence electrons. The van der Waals surface area contributed by atoms with E-state index in [1.54, 1.807) is 13.8 Å². The van der Waals surface area contributed by atoms with Crippen LogP contribution in [0.4, 0.5) is 10.1 Å². The predicted octanol–water partition coefficient (Wildman–Crippen LogP) is 1.76. The fourth-order valence-electron chi connectivity index (χ4n) is 1.24. The van der Waals surface area contributed by atoms with E-state index in [9.17, 15) is 22.9 Å². The molecule has 0 saturated heterocycles. The van der Waals surface area contributed by atoms with Crippen LogP contribution in [-0.2, 0) is 10.0 Å². The molecule has 0 unspecified atom stereocenters. The molecule has 0 aromatic heterocycles. The number of hydrogen-bond donors (Lipinski definition) is 0. The second-order valence-electron chi connectivity index (χ2n) is 3.99. The molecule has 0 radical (unpaired) electrons. The van der Waals surface area contributed by atoms with E-state index in [1.165, 1.54) is 7.05 Å². The summed E-state index contributed by atoms with van der Waals surface area (Å²) in [6, 6.07) is 2.21. The van der Waals surface area contributed by atoms with Crippen molar-refractivity contribution in [3.8, 4) is 0 Å². The molecule has 0 aliphatic rings. The van der Waals surface area contributed by atoms with Gasteiger partial charge in [0, 0.05) is 19.2 Å². The monoisotopic (exact) mass is 276 g/mol. The maximum atomic E-state index is 13.1. The number of halogens is 1. The first-order valence-corrected chi connectivity index (χ1v) is 6.54. The lowest BCUT2D eigenvalue weighted by molar-refractivity contribution is -0.387. The molecular formula is C10H13FN2O4S. The van der Waals surface area contributed by atoms with Crippen molar-refractivity contribution in [1.29, 1.82) is 0 Å². The molecule has 0 N–H and O–H groups in total. The van der Waals surface area contributed by atoms with Crippen LogP contribution in [0.5, 0.6) is 0 Å². The van der Waals surface area contributed by atoms with Crippen LogP contribution in [0.3, 0.4) is 0 Å². The molecule has 18 heavy (non-hydrogen) atoms. The lowest BCUT2D eigenvalue weighted by Gasteiger charge is -2.20. The van der Waals surface area contributed by atoms with Gasteiger partial charge in [-0.1, -0.05) is 0 Å². The molecule has 1 rings (SSSR count). The zero-order chi connectivity index (χ0) is 14.1. The van der Waals surface area contributed by atoms with E-state index < -0.39 is 26.5 Å². The lowest BCUT2D eigenvalue weighted by atomic mass is 10.3. The van der Waals surface area contributed by atoms with Gasteiger partial charge in [0.25, 0.3) is 0 Å². The highest BCUT2D eigenvalue weighted by Crippen LogP contribution is 2.24. The Balaban J connectivity index is 3.35. The number of hydrogen-bond acceptors (Lipinski definition) is 4. The van der Waals surface area contributed by atoms with E-state index in [4.69, 9.17) is 0 Å². The number of nitro benzene ring substituents is 1. The van der Waals surface area contributed by atoms with E-state index in [0.29, 0.717) is 0 Å². The Kier molecular flexibility index (Phi) is 4.02. The molecule has 0 atom stereocenters. The summed E-state index contributed by atoms with van der Waals surface area (Å²) in [4.78, 5) is 9.31. The molecule has 0 heterocycles. The summed E-state index contributed by atoms with van der Waals surface area (Å²) in [5.74, 6) is -1.06. The van der Waals surface area contributed by atoms with Crippen LogP contribution in [0.15, 0.2) is 23.1 Å². The average Bonchev–Trinajstić information content (AvgIpc) is 2.27. The van der Waals surface area contributed by atoms with Gasteiger partial charge in [-0.05, 0) is 26.0 Å². The number of nitrogens with zero attached hydrogens (tertiary/aromatic N) is 2. The minimum atomic E-state index is -3.85. The highest BCUT2D eigenvalue weighted by molar-refractivity contribution is 7.89. The van der Waals surface area contributed by atoms with Gasteiger partial charge in [0.2, 0.25) is 15.8 Å². The Labute approximate surface area is 104 Å². The van der Waals surface area contributed by atoms with Gasteiger partial charge in [-0.2, -0.15) is 8.70 Å². The van der Waals surface area contributed by atoms with Crippen LogP contribution >= 0.6 is 0 Å². The lowest BCUT2D eigenvalue weighted by Crippen LogP contribution is -2.33. The SMILES string of the molecule is CC(C)N(C)S(=O)(=O)c1ccc(F)c([N+](=O)[O-])c1. The Morgan fingerprint density at radius 2 is 1.94 bits per heavy atom. The minimum absolute atomic E-state index is 0.299. The Morgan fingerprint density at radius 3 is 2.39 bits per heavy atom. The van der Waals surface area contributed by atoms with Crippen molar-refractivity contribution in [3.05, 3.63) is 34.1 Å². The fourth-order valence-corrected chi connectivity index (χ4v) is 2.62. The summed E-state index contributed by atoms with van der Waals surface area (Å²) in [7, 11) is -2.49. The van der Waals surface area contributed by atoms with Gasteiger partial charge in [0.05, 0.1) is 9.82 Å². The zero-order valence-electron chi connectivity index (χ0n) is 10.1. The summed E-state index contributed by atoms with van der Waals surface area (Å²) in [5, 5.41) is 10.6. The largest absolute Gasteiger partial charge is 0.306 e. The van der Waals surface area contributed by atoms with Gasteiger partial charge >= 0.3 is 5.69 Å². The zero-order valence-corrected chi connectivity index (χ0v) is 10.9. The molecule has 0 spiro atoms. The van der Waals surface area contributed by atoms with Gasteiger partial charge in [0.15, 0.2) is 0 Å². The first-order valence-electron chi connectivity index (χ1n) is 5.10. The third-order valence-electron chi connectivity index (χ3n) is 2.52. The first-order chi connectivity index (χ1) is 8.17. The van der Waals surface area contributed by atoms with Crippen LogP contribution in [0.1, 0.15) is 13.8 Å². The molecule has 0 amide bonds. The smallest absolute Gasteiger partial charge is 0.258 e. The summed E-state index contributed by atoms with van der Waals surface area (Å²) >= 11 is 0. The predicted molar refractivity (Wildman–Crippen MR) is 63.1 cm³/mol. The van der Waals surface area contributed by atoms with Gasteiger partial charge in [0.1, 0.15) is 0 Å². The summed E-state index contributed by atoms with van der Waals surface area (Å²) in [6.07, 6.45) is 0. The molecule has 0 saturated carbocycles. The van der Waals surface area contributed by atoms with Crippen LogP contribution < -0.4 is 0 Å². The third-order valence-corrected chi connectivity index (χ3v) is 4.55. The maximum Gasteiger partial charge on any atom is 0.306 e. The quantitative estimate of drug-likeness (QED) is 0.620. The standard InChI is InChI=1S/C10H13FN2O4S/c1-7(2)12(3)18(16,17)8-4-5-9(11)10(6-8)13(14)15/h4-7H,1-3H3. The van der Waals surface area contributed by atoms with E-state index >= 15 is 0 Å². The van der Waals surface area contributed by atoms with Crippen LogP contribution in [0.25, 0.3) is 0 Å². The van der Waals surface area contributed by atoms with Crippen LogP contribution in [0, 0.1) is 15.9 Å². The van der Waals surface area contributed by atoms with Crippen molar-refractivity contribution >= 4 is 15.7 Å². The van der Waals surface area contributed by atoms with Crippen LogP contribution in [-0.4, -0.2) is 30.7 Å². The van der Waals surface area contributed by atoms with Gasteiger partial charge < -0.3 is 0 Å². The molecule has 0 bridgehead atoms. The van der Waals surface area contributed by atoms with Crippen LogP contribution in [0.2, 0.25) is 0 Å². The van der Waals surface area contributed by atoms with E-state index in [-0.39, 0.29) is 10.9 Å². The molecule has 0 fully saturated rings. The van der Waals surface area contributed by atoms with Gasteiger partial charge in [-0.3, -0.25) is 10.1 Å². The van der Waals surface area contributed by atoms with Crippen molar-refractivity contribution in [3.63, 3.8) is 0 Å². The Hall–Kier alpha value is -1.54. The average molecular weight is 276 g/mol. The molecular weight excluding hydrogens is 263 g/mol. The Bertz CT molecular complexity index is 571. The summed E-state index contributed by atoms with van der Waals surface area (Å²) in [6.45, 7) is 3.32. The number of rotatable bonds is 4. The number of benzene rings is 1. The van der Waals surface area contributed by atoms with E-state index in [1.807, 2.05) is 0 Å². The summed E-state index contributed by atoms with van der Waals surface area (Å²) in [5.41, 5.74) is -0.853. The highest BCUT2D eigenvalue weighted by Gasteiger charge is 2.26.